The van der Waals surface area contributed by atoms with Crippen LogP contribution in [0, 0.1) is 5.41 Å². The first-order valence-electron chi connectivity index (χ1n) is 3.50. The van der Waals surface area contributed by atoms with E-state index in [1.54, 1.807) is 7.05 Å². The summed E-state index contributed by atoms with van der Waals surface area (Å²) in [6, 6.07) is 0. The third-order valence-corrected chi connectivity index (χ3v) is 1.22. The summed E-state index contributed by atoms with van der Waals surface area (Å²) in [7, 11) is 1.77. The van der Waals surface area contributed by atoms with Crippen molar-refractivity contribution in [2.45, 2.75) is 6.42 Å². The maximum absolute atomic E-state index is 10.2. The van der Waals surface area contributed by atoms with E-state index in [2.05, 4.69) is 5.32 Å². The van der Waals surface area contributed by atoms with Gasteiger partial charge in [-0.05, 0) is 19.5 Å². The number of carboxylic acid groups (broad SMARTS) is 1. The van der Waals surface area contributed by atoms with Crippen LogP contribution in [0.3, 0.4) is 0 Å². The van der Waals surface area contributed by atoms with Crippen LogP contribution < -0.4 is 11.1 Å². The Morgan fingerprint density at radius 3 is 2.75 bits per heavy atom. The molecule has 0 aromatic heterocycles. The Kier molecular flexibility index (Phi) is 4.71. The van der Waals surface area contributed by atoms with Gasteiger partial charge in [-0.25, -0.2) is 4.79 Å². The van der Waals surface area contributed by atoms with Crippen molar-refractivity contribution in [2.75, 3.05) is 13.6 Å². The summed E-state index contributed by atoms with van der Waals surface area (Å²) in [5, 5.41) is 18.1. The second kappa shape index (κ2) is 5.31. The highest BCUT2D eigenvalue weighted by Crippen LogP contribution is 1.91. The lowest BCUT2D eigenvalue weighted by Crippen LogP contribution is -2.15. The van der Waals surface area contributed by atoms with Crippen LogP contribution in [0.15, 0.2) is 11.8 Å². The third kappa shape index (κ3) is 4.45. The van der Waals surface area contributed by atoms with Gasteiger partial charge < -0.3 is 16.2 Å². The van der Waals surface area contributed by atoms with Gasteiger partial charge in [0.25, 0.3) is 0 Å². The normalized spacial score (nSPS) is 11.2. The maximum Gasteiger partial charge on any atom is 0.353 e. The summed E-state index contributed by atoms with van der Waals surface area (Å²) in [6.07, 6.45) is 1.70. The van der Waals surface area contributed by atoms with Gasteiger partial charge in [-0.1, -0.05) is 0 Å². The van der Waals surface area contributed by atoms with Gasteiger partial charge in [-0.15, -0.1) is 0 Å². The molecule has 5 N–H and O–H groups in total. The van der Waals surface area contributed by atoms with Crippen molar-refractivity contribution in [1.82, 2.24) is 5.32 Å². The monoisotopic (exact) mass is 171 g/mol. The van der Waals surface area contributed by atoms with Gasteiger partial charge in [0.05, 0.1) is 0 Å². The molecule has 68 valence electrons. The number of carbonyl (C=O) groups is 1. The number of nitrogens with one attached hydrogen (secondary N) is 2. The van der Waals surface area contributed by atoms with E-state index in [4.69, 9.17) is 16.2 Å². The summed E-state index contributed by atoms with van der Waals surface area (Å²) >= 11 is 0. The second-order valence-corrected chi connectivity index (χ2v) is 2.29. The quantitative estimate of drug-likeness (QED) is 0.421. The van der Waals surface area contributed by atoms with E-state index in [-0.39, 0.29) is 0 Å². The van der Waals surface area contributed by atoms with E-state index in [0.29, 0.717) is 18.7 Å². The van der Waals surface area contributed by atoms with Gasteiger partial charge in [0.15, 0.2) is 0 Å². The summed E-state index contributed by atoms with van der Waals surface area (Å²) in [4.78, 5) is 10.2. The molecule has 0 aromatic carbocycles. The summed E-state index contributed by atoms with van der Waals surface area (Å²) in [6.45, 7) is 0.676. The topological polar surface area (TPSA) is 99.2 Å². The molecule has 0 heterocycles. The lowest BCUT2D eigenvalue weighted by molar-refractivity contribution is -0.129. The van der Waals surface area contributed by atoms with Crippen molar-refractivity contribution in [2.24, 2.45) is 5.73 Å². The van der Waals surface area contributed by atoms with Crippen LogP contribution in [0.25, 0.3) is 0 Å². The minimum Gasteiger partial charge on any atom is -0.477 e. The molecule has 0 fully saturated rings. The molecule has 0 rings (SSSR count). The number of nitrogens with two attached hydrogens (primary N) is 1. The maximum atomic E-state index is 10.2. The molecule has 0 bridgehead atoms. The Balaban J connectivity index is 3.98. The smallest absolute Gasteiger partial charge is 0.353 e. The third-order valence-electron chi connectivity index (χ3n) is 1.22. The number of aliphatic carboxylic acids is 1. The minimum atomic E-state index is -1.26. The minimum absolute atomic E-state index is 0.400. The molecule has 0 unspecified atom stereocenters. The molecule has 5 nitrogen and oxygen atoms in total. The first-order valence-corrected chi connectivity index (χ1v) is 3.50. The van der Waals surface area contributed by atoms with E-state index in [1.807, 2.05) is 0 Å². The van der Waals surface area contributed by atoms with E-state index in [0.717, 1.165) is 6.08 Å². The van der Waals surface area contributed by atoms with Gasteiger partial charge >= 0.3 is 5.97 Å². The van der Waals surface area contributed by atoms with Crippen molar-refractivity contribution in [3.63, 3.8) is 0 Å². The fraction of sp³-hybridized carbons (Fsp3) is 0.429. The molecule has 0 aliphatic carbocycles. The van der Waals surface area contributed by atoms with Crippen LogP contribution in [0.5, 0.6) is 0 Å². The second-order valence-electron chi connectivity index (χ2n) is 2.29. The van der Waals surface area contributed by atoms with Crippen LogP contribution in [-0.2, 0) is 4.79 Å². The molecule has 0 saturated heterocycles. The predicted octanol–water partition coefficient (Wildman–Crippen LogP) is -0.457. The van der Waals surface area contributed by atoms with Gasteiger partial charge in [0, 0.05) is 12.2 Å². The highest BCUT2D eigenvalue weighted by molar-refractivity contribution is 6.39. The molecule has 0 aliphatic heterocycles. The Hall–Kier alpha value is -1.36. The molecular formula is C7H13N3O2. The fourth-order valence-electron chi connectivity index (χ4n) is 0.589. The molecule has 0 aliphatic rings. The SMILES string of the molecule is CNCC/C(N)=C/C(=N)C(=O)O. The zero-order valence-electron chi connectivity index (χ0n) is 6.92. The van der Waals surface area contributed by atoms with Crippen molar-refractivity contribution in [3.05, 3.63) is 11.8 Å². The van der Waals surface area contributed by atoms with Crippen molar-refractivity contribution < 1.29 is 9.90 Å². The van der Waals surface area contributed by atoms with Crippen LogP contribution in [0.4, 0.5) is 0 Å². The van der Waals surface area contributed by atoms with Gasteiger partial charge in [0.2, 0.25) is 0 Å². The van der Waals surface area contributed by atoms with E-state index >= 15 is 0 Å². The summed E-state index contributed by atoms with van der Waals surface area (Å²) in [5.41, 5.74) is 5.33. The largest absolute Gasteiger partial charge is 0.477 e. The standard InChI is InChI=1S/C7H13N3O2/c1-10-3-2-5(8)4-6(9)7(11)12/h4,9-10H,2-3,8H2,1H3,(H,11,12)/b5-4-,9-6?. The number of carboxylic acids is 1. The zero-order chi connectivity index (χ0) is 9.56. The van der Waals surface area contributed by atoms with E-state index in [9.17, 15) is 4.79 Å². The van der Waals surface area contributed by atoms with Crippen LogP contribution >= 0.6 is 0 Å². The van der Waals surface area contributed by atoms with Crippen LogP contribution in [0.2, 0.25) is 0 Å². The Bertz CT molecular complexity index is 211. The summed E-state index contributed by atoms with van der Waals surface area (Å²) in [5.74, 6) is -1.26. The Morgan fingerprint density at radius 2 is 2.33 bits per heavy atom. The number of rotatable bonds is 5. The zero-order valence-corrected chi connectivity index (χ0v) is 6.92. The first-order chi connectivity index (χ1) is 5.57. The van der Waals surface area contributed by atoms with Crippen molar-refractivity contribution in [3.8, 4) is 0 Å². The average Bonchev–Trinajstić information content (AvgIpc) is 2.00. The highest BCUT2D eigenvalue weighted by Gasteiger charge is 2.02. The fourth-order valence-corrected chi connectivity index (χ4v) is 0.589. The van der Waals surface area contributed by atoms with Gasteiger partial charge in [-0.3, -0.25) is 5.41 Å². The Labute approximate surface area is 70.8 Å². The molecule has 0 saturated carbocycles. The molecule has 0 radical (unpaired) electrons. The molecular weight excluding hydrogens is 158 g/mol. The van der Waals surface area contributed by atoms with Crippen molar-refractivity contribution in [1.29, 1.82) is 5.41 Å². The van der Waals surface area contributed by atoms with Crippen molar-refractivity contribution >= 4 is 11.7 Å². The van der Waals surface area contributed by atoms with Gasteiger partial charge in [0.1, 0.15) is 5.71 Å². The molecule has 0 atom stereocenters. The summed E-state index contributed by atoms with van der Waals surface area (Å²) < 4.78 is 0. The molecule has 0 amide bonds. The average molecular weight is 171 g/mol. The lowest BCUT2D eigenvalue weighted by Gasteiger charge is -1.99. The Morgan fingerprint density at radius 1 is 1.75 bits per heavy atom. The van der Waals surface area contributed by atoms with Crippen LogP contribution in [-0.4, -0.2) is 30.4 Å². The highest BCUT2D eigenvalue weighted by atomic mass is 16.4. The molecule has 5 heteroatoms. The number of hydrogen-bond donors (Lipinski definition) is 4. The molecule has 0 aromatic rings. The first kappa shape index (κ1) is 10.6. The molecule has 0 spiro atoms. The van der Waals surface area contributed by atoms with Gasteiger partial charge in [-0.2, -0.15) is 0 Å². The van der Waals surface area contributed by atoms with E-state index in [1.165, 1.54) is 0 Å². The molecule has 12 heavy (non-hydrogen) atoms. The predicted molar refractivity (Wildman–Crippen MR) is 46.2 cm³/mol. The van der Waals surface area contributed by atoms with Crippen LogP contribution in [0.1, 0.15) is 6.42 Å². The number of hydrogen-bond acceptors (Lipinski definition) is 4. The lowest BCUT2D eigenvalue weighted by atomic mass is 10.2. The van der Waals surface area contributed by atoms with E-state index < -0.39 is 11.7 Å².